The second-order valence-corrected chi connectivity index (χ2v) is 6.88. The molecule has 0 radical (unpaired) electrons. The third-order valence-electron chi connectivity index (χ3n) is 5.74. The zero-order valence-electron chi connectivity index (χ0n) is 12.8. The molecule has 0 aromatic carbocycles. The van der Waals surface area contributed by atoms with E-state index in [1.165, 1.54) is 57.8 Å². The molecule has 0 spiro atoms. The van der Waals surface area contributed by atoms with E-state index in [0.29, 0.717) is 0 Å². The van der Waals surface area contributed by atoms with Crippen molar-refractivity contribution in [2.24, 2.45) is 17.8 Å². The lowest BCUT2D eigenvalue weighted by molar-refractivity contribution is 0.241. The van der Waals surface area contributed by atoms with Crippen molar-refractivity contribution in [3.8, 4) is 0 Å². The molecule has 0 amide bonds. The largest absolute Gasteiger partial charge is 0.311 e. The summed E-state index contributed by atoms with van der Waals surface area (Å²) in [6.07, 6.45) is 12.9. The summed E-state index contributed by atoms with van der Waals surface area (Å²) >= 11 is 0. The summed E-state index contributed by atoms with van der Waals surface area (Å²) < 4.78 is 0. The van der Waals surface area contributed by atoms with Crippen molar-refractivity contribution in [3.05, 3.63) is 0 Å². The molecular formula is C17H33N. The van der Waals surface area contributed by atoms with Crippen molar-refractivity contribution in [1.29, 1.82) is 0 Å². The number of rotatable bonds is 5. The fourth-order valence-electron chi connectivity index (χ4n) is 4.39. The highest BCUT2D eigenvalue weighted by atomic mass is 15.0. The molecule has 1 nitrogen and oxygen atoms in total. The maximum atomic E-state index is 3.99. The van der Waals surface area contributed by atoms with Crippen LogP contribution in [-0.2, 0) is 0 Å². The van der Waals surface area contributed by atoms with E-state index in [-0.39, 0.29) is 0 Å². The van der Waals surface area contributed by atoms with E-state index in [2.05, 4.69) is 26.1 Å². The molecule has 0 aromatic heterocycles. The number of hydrogen-bond acceptors (Lipinski definition) is 1. The molecule has 18 heavy (non-hydrogen) atoms. The maximum Gasteiger partial charge on any atom is 0.00980 e. The van der Waals surface area contributed by atoms with Crippen LogP contribution in [0.4, 0.5) is 0 Å². The molecule has 0 heterocycles. The summed E-state index contributed by atoms with van der Waals surface area (Å²) in [5.41, 5.74) is 0. The van der Waals surface area contributed by atoms with Crippen LogP contribution in [0.2, 0.25) is 0 Å². The summed E-state index contributed by atoms with van der Waals surface area (Å²) in [5, 5.41) is 3.99. The van der Waals surface area contributed by atoms with E-state index in [9.17, 15) is 0 Å². The molecule has 2 aliphatic rings. The molecular weight excluding hydrogens is 218 g/mol. The molecule has 1 N–H and O–H groups in total. The van der Waals surface area contributed by atoms with Crippen molar-refractivity contribution < 1.29 is 0 Å². The fourth-order valence-corrected chi connectivity index (χ4v) is 4.39. The third kappa shape index (κ3) is 3.50. The molecule has 0 saturated heterocycles. The Morgan fingerprint density at radius 3 is 2.22 bits per heavy atom. The first kappa shape index (κ1) is 14.4. The Bertz CT molecular complexity index is 230. The molecule has 2 aliphatic carbocycles. The van der Waals surface area contributed by atoms with Gasteiger partial charge in [-0.1, -0.05) is 40.0 Å². The lowest BCUT2D eigenvalue weighted by Gasteiger charge is -2.33. The van der Waals surface area contributed by atoms with Gasteiger partial charge in [-0.25, -0.2) is 0 Å². The molecule has 0 aliphatic heterocycles. The first-order valence-electron chi connectivity index (χ1n) is 8.50. The SMILES string of the molecule is CCCC1CCC(NC2CCC(CC)C2C)CC1. The molecule has 2 saturated carbocycles. The third-order valence-corrected chi connectivity index (χ3v) is 5.74. The first-order chi connectivity index (χ1) is 8.74. The van der Waals surface area contributed by atoms with Crippen LogP contribution in [0.15, 0.2) is 0 Å². The Morgan fingerprint density at radius 1 is 0.944 bits per heavy atom. The van der Waals surface area contributed by atoms with Gasteiger partial charge in [-0.2, -0.15) is 0 Å². The Morgan fingerprint density at radius 2 is 1.67 bits per heavy atom. The van der Waals surface area contributed by atoms with Gasteiger partial charge in [-0.3, -0.25) is 0 Å². The van der Waals surface area contributed by atoms with Crippen LogP contribution >= 0.6 is 0 Å². The van der Waals surface area contributed by atoms with Gasteiger partial charge in [0.15, 0.2) is 0 Å². The van der Waals surface area contributed by atoms with Crippen molar-refractivity contribution in [3.63, 3.8) is 0 Å². The monoisotopic (exact) mass is 251 g/mol. The van der Waals surface area contributed by atoms with Gasteiger partial charge in [0.2, 0.25) is 0 Å². The van der Waals surface area contributed by atoms with E-state index < -0.39 is 0 Å². The quantitative estimate of drug-likeness (QED) is 0.743. The minimum absolute atomic E-state index is 0.822. The minimum atomic E-state index is 0.822. The van der Waals surface area contributed by atoms with Gasteiger partial charge in [0.05, 0.1) is 0 Å². The van der Waals surface area contributed by atoms with Crippen LogP contribution in [0.25, 0.3) is 0 Å². The van der Waals surface area contributed by atoms with Crippen molar-refractivity contribution >= 4 is 0 Å². The highest BCUT2D eigenvalue weighted by Crippen LogP contribution is 2.35. The van der Waals surface area contributed by atoms with Gasteiger partial charge in [0, 0.05) is 12.1 Å². The predicted octanol–water partition coefficient (Wildman–Crippen LogP) is 4.76. The second kappa shape index (κ2) is 6.93. The first-order valence-corrected chi connectivity index (χ1v) is 8.50. The summed E-state index contributed by atoms with van der Waals surface area (Å²) in [6, 6.07) is 1.66. The van der Waals surface area contributed by atoms with Gasteiger partial charge < -0.3 is 5.32 Å². The van der Waals surface area contributed by atoms with E-state index in [1.54, 1.807) is 0 Å². The van der Waals surface area contributed by atoms with E-state index >= 15 is 0 Å². The molecule has 3 unspecified atom stereocenters. The Kier molecular flexibility index (Phi) is 5.54. The van der Waals surface area contributed by atoms with Gasteiger partial charge in [-0.15, -0.1) is 0 Å². The van der Waals surface area contributed by atoms with Crippen molar-refractivity contribution in [1.82, 2.24) is 5.32 Å². The highest BCUT2D eigenvalue weighted by Gasteiger charge is 2.33. The van der Waals surface area contributed by atoms with Crippen LogP contribution in [0, 0.1) is 17.8 Å². The van der Waals surface area contributed by atoms with Crippen LogP contribution in [0.5, 0.6) is 0 Å². The van der Waals surface area contributed by atoms with Gasteiger partial charge in [0.25, 0.3) is 0 Å². The zero-order valence-corrected chi connectivity index (χ0v) is 12.8. The standard InChI is InChI=1S/C17H33N/c1-4-6-14-7-10-16(11-8-14)18-17-12-9-15(5-2)13(17)3/h13-18H,4-12H2,1-3H3. The molecule has 2 fully saturated rings. The Balaban J connectivity index is 1.72. The van der Waals surface area contributed by atoms with Crippen molar-refractivity contribution in [2.75, 3.05) is 0 Å². The van der Waals surface area contributed by atoms with Gasteiger partial charge in [0.1, 0.15) is 0 Å². The lowest BCUT2D eigenvalue weighted by atomic mass is 9.83. The summed E-state index contributed by atoms with van der Waals surface area (Å²) in [6.45, 7) is 7.16. The van der Waals surface area contributed by atoms with Crippen LogP contribution in [0.1, 0.15) is 78.6 Å². The molecule has 0 bridgehead atoms. The topological polar surface area (TPSA) is 12.0 Å². The number of hydrogen-bond donors (Lipinski definition) is 1. The smallest absolute Gasteiger partial charge is 0.00980 e. The van der Waals surface area contributed by atoms with E-state index in [4.69, 9.17) is 0 Å². The van der Waals surface area contributed by atoms with E-state index in [1.807, 2.05) is 0 Å². The number of nitrogens with one attached hydrogen (secondary N) is 1. The van der Waals surface area contributed by atoms with E-state index in [0.717, 1.165) is 29.8 Å². The summed E-state index contributed by atoms with van der Waals surface area (Å²) in [5.74, 6) is 2.93. The average molecular weight is 251 g/mol. The van der Waals surface area contributed by atoms with Gasteiger partial charge >= 0.3 is 0 Å². The Labute approximate surface area is 114 Å². The second-order valence-electron chi connectivity index (χ2n) is 6.88. The lowest BCUT2D eigenvalue weighted by Crippen LogP contribution is -2.42. The zero-order chi connectivity index (χ0) is 13.0. The summed E-state index contributed by atoms with van der Waals surface area (Å²) in [7, 11) is 0. The summed E-state index contributed by atoms with van der Waals surface area (Å²) in [4.78, 5) is 0. The minimum Gasteiger partial charge on any atom is -0.311 e. The van der Waals surface area contributed by atoms with Crippen LogP contribution in [0.3, 0.4) is 0 Å². The molecule has 106 valence electrons. The maximum absolute atomic E-state index is 3.99. The molecule has 2 rings (SSSR count). The van der Waals surface area contributed by atoms with Crippen molar-refractivity contribution in [2.45, 2.75) is 90.6 Å². The van der Waals surface area contributed by atoms with Gasteiger partial charge in [-0.05, 0) is 56.3 Å². The molecule has 3 atom stereocenters. The van der Waals surface area contributed by atoms with Crippen LogP contribution < -0.4 is 5.32 Å². The predicted molar refractivity (Wildman–Crippen MR) is 79.8 cm³/mol. The highest BCUT2D eigenvalue weighted by molar-refractivity contribution is 4.89. The van der Waals surface area contributed by atoms with Crippen LogP contribution in [-0.4, -0.2) is 12.1 Å². The normalized spacial score (nSPS) is 41.2. The average Bonchev–Trinajstić information content (AvgIpc) is 2.73. The molecule has 1 heteroatoms. The Hall–Kier alpha value is -0.0400. The fraction of sp³-hybridized carbons (Fsp3) is 1.00. The molecule has 0 aromatic rings.